The van der Waals surface area contributed by atoms with Crippen LogP contribution in [0, 0.1) is 0 Å². The molecule has 2 aromatic carbocycles. The highest BCUT2D eigenvalue weighted by Crippen LogP contribution is 2.39. The highest BCUT2D eigenvalue weighted by molar-refractivity contribution is 5.89. The summed E-state index contributed by atoms with van der Waals surface area (Å²) in [5.74, 6) is 2.73. The first-order valence-corrected chi connectivity index (χ1v) is 20.7. The van der Waals surface area contributed by atoms with E-state index in [4.69, 9.17) is 19.3 Å². The van der Waals surface area contributed by atoms with Gasteiger partial charge in [-0.05, 0) is 100 Å². The Hall–Kier alpha value is -5.63. The van der Waals surface area contributed by atoms with Crippen molar-refractivity contribution in [2.24, 2.45) is 0 Å². The van der Waals surface area contributed by atoms with Gasteiger partial charge in [0.25, 0.3) is 6.47 Å². The minimum absolute atomic E-state index is 0.0911. The fraction of sp³-hybridized carbons (Fsp3) is 0.477. The summed E-state index contributed by atoms with van der Waals surface area (Å²) in [4.78, 5) is 29.7. The number of hydrogen-bond donors (Lipinski definition) is 2. The van der Waals surface area contributed by atoms with E-state index in [9.17, 15) is 9.59 Å². The van der Waals surface area contributed by atoms with Gasteiger partial charge in [0.05, 0.1) is 23.6 Å². The quantitative estimate of drug-likeness (QED) is 0.115. The zero-order valence-corrected chi connectivity index (χ0v) is 34.0. The molecule has 3 aromatic heterocycles. The molecule has 8 rings (SSSR count). The van der Waals surface area contributed by atoms with Crippen LogP contribution in [0.2, 0.25) is 0 Å². The summed E-state index contributed by atoms with van der Waals surface area (Å²) in [7, 11) is 0. The van der Waals surface area contributed by atoms with Gasteiger partial charge in [0.1, 0.15) is 36.6 Å². The Morgan fingerprint density at radius 2 is 1.74 bits per heavy atom. The lowest BCUT2D eigenvalue weighted by atomic mass is 9.85. The third-order valence-electron chi connectivity index (χ3n) is 11.6. The number of aromatic nitrogens is 5. The van der Waals surface area contributed by atoms with Gasteiger partial charge < -0.3 is 24.4 Å². The number of amides is 2. The van der Waals surface area contributed by atoms with Gasteiger partial charge >= 0.3 is 6.03 Å². The van der Waals surface area contributed by atoms with Crippen LogP contribution < -0.4 is 25.0 Å². The van der Waals surface area contributed by atoms with E-state index in [1.807, 2.05) is 59.1 Å². The van der Waals surface area contributed by atoms with Crippen LogP contribution in [0.5, 0.6) is 11.5 Å². The predicted octanol–water partition coefficient (Wildman–Crippen LogP) is 7.52. The van der Waals surface area contributed by atoms with Crippen LogP contribution in [0.15, 0.2) is 66.9 Å². The molecule has 0 unspecified atom stereocenters. The molecule has 0 spiro atoms. The fourth-order valence-corrected chi connectivity index (χ4v) is 8.39. The van der Waals surface area contributed by atoms with E-state index in [1.165, 1.54) is 19.3 Å². The van der Waals surface area contributed by atoms with Gasteiger partial charge in [-0.3, -0.25) is 19.4 Å². The van der Waals surface area contributed by atoms with E-state index >= 15 is 0 Å². The molecule has 5 heterocycles. The maximum absolute atomic E-state index is 13.9. The van der Waals surface area contributed by atoms with Gasteiger partial charge in [-0.2, -0.15) is 5.10 Å². The van der Waals surface area contributed by atoms with E-state index in [0.717, 1.165) is 78.7 Å². The lowest BCUT2D eigenvalue weighted by Crippen LogP contribution is -2.38. The van der Waals surface area contributed by atoms with Gasteiger partial charge in [-0.15, -0.1) is 10.2 Å². The number of nitrogens with one attached hydrogen (secondary N) is 2. The Kier molecular flexibility index (Phi) is 11.5. The molecule has 3 aliphatic rings. The van der Waals surface area contributed by atoms with Crippen molar-refractivity contribution in [3.63, 3.8) is 0 Å². The van der Waals surface area contributed by atoms with Crippen LogP contribution in [-0.2, 0) is 21.6 Å². The molecule has 0 saturated carbocycles. The number of fused-ring (bicyclic) bond motifs is 2. The topological polar surface area (TPSA) is 140 Å². The number of nitrogens with zero attached hydrogens (tertiary/aromatic N) is 7. The minimum Gasteiger partial charge on any atom is -0.492 e. The van der Waals surface area contributed by atoms with Crippen molar-refractivity contribution in [2.75, 3.05) is 43.0 Å². The van der Waals surface area contributed by atoms with Crippen LogP contribution in [0.1, 0.15) is 107 Å². The van der Waals surface area contributed by atoms with E-state index in [2.05, 4.69) is 70.5 Å². The van der Waals surface area contributed by atoms with E-state index in [-0.39, 0.29) is 30.2 Å². The lowest BCUT2D eigenvalue weighted by Gasteiger charge is -2.33. The van der Waals surface area contributed by atoms with E-state index in [1.54, 1.807) is 4.68 Å². The maximum atomic E-state index is 13.9. The number of rotatable bonds is 13. The largest absolute Gasteiger partial charge is 0.492 e. The number of pyridine rings is 1. The molecule has 14 nitrogen and oxygen atoms in total. The van der Waals surface area contributed by atoms with E-state index < -0.39 is 0 Å². The van der Waals surface area contributed by atoms with Crippen molar-refractivity contribution >= 4 is 29.9 Å². The minimum atomic E-state index is -0.337. The number of anilines is 2. The van der Waals surface area contributed by atoms with Gasteiger partial charge in [0, 0.05) is 42.2 Å². The molecule has 5 aromatic rings. The van der Waals surface area contributed by atoms with Crippen molar-refractivity contribution in [3.8, 4) is 17.2 Å². The van der Waals surface area contributed by atoms with Crippen LogP contribution in [0.3, 0.4) is 0 Å². The summed E-state index contributed by atoms with van der Waals surface area (Å²) in [5.41, 5.74) is 4.85. The summed E-state index contributed by atoms with van der Waals surface area (Å²) >= 11 is 0. The Balaban J connectivity index is 0.990. The molecule has 0 radical (unpaired) electrons. The van der Waals surface area contributed by atoms with Crippen LogP contribution in [-0.4, -0.2) is 80.6 Å². The summed E-state index contributed by atoms with van der Waals surface area (Å²) in [5, 5.41) is 20.3. The fourth-order valence-electron chi connectivity index (χ4n) is 8.39. The Morgan fingerprint density at radius 3 is 2.53 bits per heavy atom. The van der Waals surface area contributed by atoms with Gasteiger partial charge in [-0.25, -0.2) is 9.48 Å². The Morgan fingerprint density at radius 1 is 0.931 bits per heavy atom. The van der Waals surface area contributed by atoms with Crippen molar-refractivity contribution in [3.05, 3.63) is 89.2 Å². The molecule has 0 bridgehead atoms. The maximum Gasteiger partial charge on any atom is 0.320 e. The lowest BCUT2D eigenvalue weighted by molar-refractivity contribution is -0.129. The summed E-state index contributed by atoms with van der Waals surface area (Å²) < 4.78 is 21.9. The second-order valence-electron chi connectivity index (χ2n) is 16.8. The third-order valence-corrected chi connectivity index (χ3v) is 11.6. The number of likely N-dealkylation sites (tertiary alicyclic amines) is 1. The van der Waals surface area contributed by atoms with Crippen LogP contribution in [0.25, 0.3) is 11.3 Å². The molecule has 58 heavy (non-hydrogen) atoms. The molecule has 2 saturated heterocycles. The highest BCUT2D eigenvalue weighted by atomic mass is 16.5. The molecule has 1 aliphatic carbocycles. The normalized spacial score (nSPS) is 19.8. The molecular formula is C44H55N9O5. The van der Waals surface area contributed by atoms with E-state index in [0.29, 0.717) is 49.2 Å². The molecule has 2 amide bonds. The molecule has 306 valence electrons. The van der Waals surface area contributed by atoms with Crippen LogP contribution >= 0.6 is 0 Å². The number of carbonyl (C=O) groups excluding carboxylic acids is 2. The molecule has 14 heteroatoms. The monoisotopic (exact) mass is 789 g/mol. The van der Waals surface area contributed by atoms with Gasteiger partial charge in [0.2, 0.25) is 5.95 Å². The zero-order chi connectivity index (χ0) is 40.2. The number of ether oxygens (including phenoxy) is 3. The molecular weight excluding hydrogens is 735 g/mol. The summed E-state index contributed by atoms with van der Waals surface area (Å²) in [6.45, 7) is 13.5. The summed E-state index contributed by atoms with van der Waals surface area (Å²) in [6, 6.07) is 19.5. The first-order valence-electron chi connectivity index (χ1n) is 20.7. The standard InChI is InChI=1S/C44H55N9O5/c1-30-11-7-8-22-51(30)43-48-47-40-19-16-33(27-52(40)43)58-37-18-17-36(34-12-5-6-13-35(34)37)45-42(55)46-41-26-39(44(2,3)4)49-53(41)32-15-14-31(28-56-29-54)38(25-32)57-24-23-50-20-9-10-21-50/h5-6,12-16,19,25-27,29-30,36-37H,7-11,17-18,20-24,28H2,1-4H3,(H2,45,46,55)/t30-,36-,37+/m0/s1. The average Bonchev–Trinajstić information content (AvgIpc) is 3.99. The Bertz CT molecular complexity index is 2220. The SMILES string of the molecule is C[C@H]1CCCCN1c1nnc2ccc(O[C@@H]3CC[C@H](NC(=O)Nc4cc(C(C)(C)C)nn4-c4ccc(COC=O)c(OCCN5CCCC5)c4)c4ccccc43)cn12. The molecule has 2 aliphatic heterocycles. The highest BCUT2D eigenvalue weighted by Gasteiger charge is 2.31. The third kappa shape index (κ3) is 8.62. The first-order chi connectivity index (χ1) is 28.1. The number of urea groups is 1. The van der Waals surface area contributed by atoms with Crippen molar-refractivity contribution in [1.29, 1.82) is 0 Å². The zero-order valence-electron chi connectivity index (χ0n) is 34.0. The first kappa shape index (κ1) is 39.2. The molecule has 2 fully saturated rings. The second-order valence-corrected chi connectivity index (χ2v) is 16.8. The second kappa shape index (κ2) is 17.1. The van der Waals surface area contributed by atoms with Crippen molar-refractivity contribution in [1.82, 2.24) is 34.6 Å². The number of carbonyl (C=O) groups is 2. The number of benzene rings is 2. The van der Waals surface area contributed by atoms with Gasteiger partial charge in [0.15, 0.2) is 5.65 Å². The number of piperidine rings is 1. The Labute approximate surface area is 339 Å². The van der Waals surface area contributed by atoms with Crippen LogP contribution in [0.4, 0.5) is 16.6 Å². The van der Waals surface area contributed by atoms with Crippen molar-refractivity contribution in [2.45, 2.75) is 103 Å². The number of hydrogen-bond acceptors (Lipinski definition) is 10. The van der Waals surface area contributed by atoms with Gasteiger partial charge in [-0.1, -0.05) is 45.0 Å². The smallest absolute Gasteiger partial charge is 0.320 e. The summed E-state index contributed by atoms with van der Waals surface area (Å²) in [6.07, 6.45) is 9.14. The molecule has 3 atom stereocenters. The predicted molar refractivity (Wildman–Crippen MR) is 222 cm³/mol. The average molecular weight is 790 g/mol. The molecule has 2 N–H and O–H groups in total. The van der Waals surface area contributed by atoms with Crippen molar-refractivity contribution < 1.29 is 23.8 Å².